The van der Waals surface area contributed by atoms with Crippen LogP contribution < -0.4 is 5.73 Å². The molecule has 0 saturated carbocycles. The fourth-order valence-electron chi connectivity index (χ4n) is 1.63. The van der Waals surface area contributed by atoms with Gasteiger partial charge in [-0.2, -0.15) is 0 Å². The van der Waals surface area contributed by atoms with E-state index >= 15 is 0 Å². The summed E-state index contributed by atoms with van der Waals surface area (Å²) in [5.41, 5.74) is 5.17. The van der Waals surface area contributed by atoms with Crippen molar-refractivity contribution in [2.45, 2.75) is 38.8 Å². The summed E-state index contributed by atoms with van der Waals surface area (Å²) in [6, 6.07) is 0.400. The summed E-state index contributed by atoms with van der Waals surface area (Å²) in [4.78, 5) is 12.5. The maximum atomic E-state index is 10.8. The zero-order valence-corrected chi connectivity index (χ0v) is 6.50. The number of carbonyl (C=O) groups excluding carboxylic acids is 1. The van der Waals surface area contributed by atoms with Gasteiger partial charge in [0, 0.05) is 12.1 Å². The molecule has 1 saturated heterocycles. The number of urea groups is 1. The highest BCUT2D eigenvalue weighted by molar-refractivity contribution is 5.73. The second kappa shape index (κ2) is 2.48. The molecular weight excluding hydrogens is 128 g/mol. The highest BCUT2D eigenvalue weighted by Crippen LogP contribution is 2.22. The maximum Gasteiger partial charge on any atom is 0.315 e. The summed E-state index contributed by atoms with van der Waals surface area (Å²) >= 11 is 0. The number of primary amides is 1. The Labute approximate surface area is 61.2 Å². The van der Waals surface area contributed by atoms with Gasteiger partial charge in [0.2, 0.25) is 0 Å². The molecular formula is C7H14N2O. The van der Waals surface area contributed by atoms with Gasteiger partial charge in [0.05, 0.1) is 0 Å². The fraction of sp³-hybridized carbons (Fsp3) is 0.857. The van der Waals surface area contributed by atoms with Crippen molar-refractivity contribution >= 4 is 6.03 Å². The van der Waals surface area contributed by atoms with Crippen LogP contribution in [0.15, 0.2) is 0 Å². The first kappa shape index (κ1) is 7.38. The average Bonchev–Trinajstić information content (AvgIpc) is 2.11. The molecule has 1 rings (SSSR count). The first-order valence-corrected chi connectivity index (χ1v) is 3.70. The first-order chi connectivity index (χ1) is 4.63. The van der Waals surface area contributed by atoms with E-state index in [1.54, 1.807) is 4.90 Å². The van der Waals surface area contributed by atoms with Crippen molar-refractivity contribution in [3.63, 3.8) is 0 Å². The van der Waals surface area contributed by atoms with Crippen molar-refractivity contribution in [2.24, 2.45) is 5.73 Å². The molecule has 2 N–H and O–H groups in total. The number of likely N-dealkylation sites (tertiary alicyclic amines) is 1. The first-order valence-electron chi connectivity index (χ1n) is 3.70. The molecule has 1 aliphatic rings. The Morgan fingerprint density at radius 2 is 1.80 bits per heavy atom. The Balaban J connectivity index is 2.63. The SMILES string of the molecule is CC1CCC(C)N1C(N)=O. The normalized spacial score (nSPS) is 32.8. The van der Waals surface area contributed by atoms with Gasteiger partial charge in [-0.05, 0) is 26.7 Å². The lowest BCUT2D eigenvalue weighted by Crippen LogP contribution is -2.42. The minimum absolute atomic E-state index is 0.280. The van der Waals surface area contributed by atoms with Crippen molar-refractivity contribution in [3.8, 4) is 0 Å². The van der Waals surface area contributed by atoms with Crippen LogP contribution in [0.4, 0.5) is 4.79 Å². The number of rotatable bonds is 0. The Kier molecular flexibility index (Phi) is 1.83. The molecule has 2 amide bonds. The van der Waals surface area contributed by atoms with Crippen molar-refractivity contribution < 1.29 is 4.79 Å². The number of amides is 2. The summed E-state index contributed by atoms with van der Waals surface area (Å²) in [5.74, 6) is 0. The predicted octanol–water partition coefficient (Wildman–Crippen LogP) is 0.938. The van der Waals surface area contributed by atoms with Crippen molar-refractivity contribution in [2.75, 3.05) is 0 Å². The summed E-state index contributed by atoms with van der Waals surface area (Å²) in [6.45, 7) is 4.07. The van der Waals surface area contributed by atoms with E-state index in [9.17, 15) is 4.79 Å². The highest BCUT2D eigenvalue weighted by atomic mass is 16.2. The summed E-state index contributed by atoms with van der Waals surface area (Å²) in [5, 5.41) is 0. The third-order valence-corrected chi connectivity index (χ3v) is 2.21. The van der Waals surface area contributed by atoms with E-state index in [0.717, 1.165) is 12.8 Å². The third kappa shape index (κ3) is 1.08. The second-order valence-electron chi connectivity index (χ2n) is 3.02. The van der Waals surface area contributed by atoms with E-state index in [-0.39, 0.29) is 6.03 Å². The van der Waals surface area contributed by atoms with Gasteiger partial charge in [-0.1, -0.05) is 0 Å². The fourth-order valence-corrected chi connectivity index (χ4v) is 1.63. The molecule has 1 fully saturated rings. The van der Waals surface area contributed by atoms with E-state index in [2.05, 4.69) is 0 Å². The monoisotopic (exact) mass is 142 g/mol. The lowest BCUT2D eigenvalue weighted by molar-refractivity contribution is 0.190. The Hall–Kier alpha value is -0.730. The summed E-state index contributed by atoms with van der Waals surface area (Å²) in [7, 11) is 0. The number of hydrogen-bond acceptors (Lipinski definition) is 1. The minimum Gasteiger partial charge on any atom is -0.351 e. The van der Waals surface area contributed by atoms with Crippen LogP contribution in [0.25, 0.3) is 0 Å². The van der Waals surface area contributed by atoms with Crippen LogP contribution in [-0.2, 0) is 0 Å². The lowest BCUT2D eigenvalue weighted by atomic mass is 10.2. The van der Waals surface area contributed by atoms with Crippen LogP contribution in [0.5, 0.6) is 0 Å². The quantitative estimate of drug-likeness (QED) is 0.537. The summed E-state index contributed by atoms with van der Waals surface area (Å²) in [6.07, 6.45) is 2.17. The predicted molar refractivity (Wildman–Crippen MR) is 39.6 cm³/mol. The molecule has 3 nitrogen and oxygen atoms in total. The van der Waals surface area contributed by atoms with Crippen LogP contribution in [0.2, 0.25) is 0 Å². The Morgan fingerprint density at radius 3 is 2.00 bits per heavy atom. The van der Waals surface area contributed by atoms with Crippen LogP contribution in [0.3, 0.4) is 0 Å². The van der Waals surface area contributed by atoms with Gasteiger partial charge in [0.25, 0.3) is 0 Å². The smallest absolute Gasteiger partial charge is 0.315 e. The third-order valence-electron chi connectivity index (χ3n) is 2.21. The van der Waals surface area contributed by atoms with Crippen LogP contribution in [0, 0.1) is 0 Å². The molecule has 0 bridgehead atoms. The van der Waals surface area contributed by atoms with Crippen molar-refractivity contribution in [1.82, 2.24) is 4.90 Å². The molecule has 58 valence electrons. The van der Waals surface area contributed by atoms with Crippen LogP contribution in [0.1, 0.15) is 26.7 Å². The zero-order valence-electron chi connectivity index (χ0n) is 6.50. The van der Waals surface area contributed by atoms with E-state index in [4.69, 9.17) is 5.73 Å². The second-order valence-corrected chi connectivity index (χ2v) is 3.02. The van der Waals surface area contributed by atoms with Crippen molar-refractivity contribution in [1.29, 1.82) is 0 Å². The number of nitrogens with zero attached hydrogens (tertiary/aromatic N) is 1. The number of nitrogens with two attached hydrogens (primary N) is 1. The Bertz CT molecular complexity index is 137. The minimum atomic E-state index is -0.280. The molecule has 1 heterocycles. The van der Waals surface area contributed by atoms with Gasteiger partial charge >= 0.3 is 6.03 Å². The van der Waals surface area contributed by atoms with E-state index < -0.39 is 0 Å². The van der Waals surface area contributed by atoms with Gasteiger partial charge in [-0.3, -0.25) is 0 Å². The van der Waals surface area contributed by atoms with Crippen LogP contribution in [-0.4, -0.2) is 23.0 Å². The molecule has 0 aliphatic carbocycles. The van der Waals surface area contributed by atoms with Gasteiger partial charge in [-0.25, -0.2) is 4.79 Å². The molecule has 0 aromatic heterocycles. The zero-order chi connectivity index (χ0) is 7.72. The van der Waals surface area contributed by atoms with E-state index in [1.165, 1.54) is 0 Å². The molecule has 0 aromatic carbocycles. The highest BCUT2D eigenvalue weighted by Gasteiger charge is 2.29. The molecule has 2 unspecified atom stereocenters. The Morgan fingerprint density at radius 1 is 1.40 bits per heavy atom. The van der Waals surface area contributed by atoms with E-state index in [1.807, 2.05) is 13.8 Å². The van der Waals surface area contributed by atoms with Gasteiger partial charge in [-0.15, -0.1) is 0 Å². The van der Waals surface area contributed by atoms with Gasteiger partial charge < -0.3 is 10.6 Å². The number of hydrogen-bond donors (Lipinski definition) is 1. The molecule has 0 radical (unpaired) electrons. The summed E-state index contributed by atoms with van der Waals surface area (Å²) < 4.78 is 0. The average molecular weight is 142 g/mol. The molecule has 0 aromatic rings. The largest absolute Gasteiger partial charge is 0.351 e. The number of carbonyl (C=O) groups is 1. The molecule has 10 heavy (non-hydrogen) atoms. The topological polar surface area (TPSA) is 46.3 Å². The lowest BCUT2D eigenvalue weighted by Gasteiger charge is -2.23. The molecule has 2 atom stereocenters. The molecule has 1 aliphatic heterocycles. The van der Waals surface area contributed by atoms with E-state index in [0.29, 0.717) is 12.1 Å². The molecule has 0 spiro atoms. The standard InChI is InChI=1S/C7H14N2O/c1-5-3-4-6(2)9(5)7(8)10/h5-6H,3-4H2,1-2H3,(H2,8,10). The molecule has 3 heteroatoms. The van der Waals surface area contributed by atoms with Crippen LogP contribution >= 0.6 is 0 Å². The maximum absolute atomic E-state index is 10.8. The van der Waals surface area contributed by atoms with Crippen molar-refractivity contribution in [3.05, 3.63) is 0 Å². The van der Waals surface area contributed by atoms with Gasteiger partial charge in [0.1, 0.15) is 0 Å². The van der Waals surface area contributed by atoms with Gasteiger partial charge in [0.15, 0.2) is 0 Å².